The molecule has 4 rings (SSSR count). The van der Waals surface area contributed by atoms with Gasteiger partial charge in [0.25, 0.3) is 0 Å². The van der Waals surface area contributed by atoms with Gasteiger partial charge in [0.15, 0.2) is 7.14 Å². The second-order valence-corrected chi connectivity index (χ2v) is 10.9. The van der Waals surface area contributed by atoms with E-state index in [1.807, 2.05) is 78.9 Å². The highest BCUT2D eigenvalue weighted by molar-refractivity contribution is 7.79. The molecule has 5 heteroatoms. The van der Waals surface area contributed by atoms with Crippen molar-refractivity contribution in [3.63, 3.8) is 0 Å². The smallest absolute Gasteiger partial charge is 0.159 e. The van der Waals surface area contributed by atoms with Crippen LogP contribution in [0.1, 0.15) is 18.4 Å². The Morgan fingerprint density at radius 1 is 0.821 bits per heavy atom. The highest BCUT2D eigenvalue weighted by Crippen LogP contribution is 2.54. The Hall–Kier alpha value is -1.57. The SMILES string of the molecule is O=P(c1ccccc1)(c1ccccc1)C1CCCN1Cc1c(Cl)cccc1Cl. The van der Waals surface area contributed by atoms with Gasteiger partial charge in [-0.15, -0.1) is 0 Å². The summed E-state index contributed by atoms with van der Waals surface area (Å²) in [7, 11) is -2.86. The fourth-order valence-electron chi connectivity index (χ4n) is 4.08. The Bertz CT molecular complexity index is 930. The second-order valence-electron chi connectivity index (χ2n) is 7.12. The Labute approximate surface area is 176 Å². The van der Waals surface area contributed by atoms with Crippen molar-refractivity contribution in [2.75, 3.05) is 6.54 Å². The normalized spacial score (nSPS) is 17.7. The molecule has 0 amide bonds. The summed E-state index contributed by atoms with van der Waals surface area (Å²) in [5.74, 6) is -0.0651. The first-order chi connectivity index (χ1) is 13.6. The van der Waals surface area contributed by atoms with Crippen molar-refractivity contribution in [3.05, 3.63) is 94.5 Å². The zero-order valence-corrected chi connectivity index (χ0v) is 17.9. The Balaban J connectivity index is 1.77. The molecule has 1 aliphatic heterocycles. The van der Waals surface area contributed by atoms with Gasteiger partial charge < -0.3 is 4.57 Å². The van der Waals surface area contributed by atoms with Gasteiger partial charge >= 0.3 is 0 Å². The average molecular weight is 430 g/mol. The van der Waals surface area contributed by atoms with Crippen LogP contribution in [0.25, 0.3) is 0 Å². The molecule has 0 aliphatic carbocycles. The summed E-state index contributed by atoms with van der Waals surface area (Å²) < 4.78 is 14.7. The molecular formula is C23H22Cl2NOP. The third kappa shape index (κ3) is 3.67. The maximum Gasteiger partial charge on any atom is 0.159 e. The molecule has 0 bridgehead atoms. The Morgan fingerprint density at radius 3 is 1.89 bits per heavy atom. The standard InChI is InChI=1S/C23H22Cl2NOP/c24-21-13-7-14-22(25)20(21)17-26-16-8-15-23(26)28(27,18-9-3-1-4-10-18)19-11-5-2-6-12-19/h1-7,9-14,23H,8,15-17H2. The van der Waals surface area contributed by atoms with Gasteiger partial charge in [0, 0.05) is 32.8 Å². The molecule has 3 aromatic rings. The van der Waals surface area contributed by atoms with E-state index < -0.39 is 7.14 Å². The zero-order chi connectivity index (χ0) is 19.6. The van der Waals surface area contributed by atoms with Crippen LogP contribution in [0.2, 0.25) is 10.0 Å². The quantitative estimate of drug-likeness (QED) is 0.468. The molecule has 1 unspecified atom stereocenters. The summed E-state index contributed by atoms with van der Waals surface area (Å²) in [5.41, 5.74) is 0.908. The maximum absolute atomic E-state index is 14.7. The number of hydrogen-bond acceptors (Lipinski definition) is 2. The molecule has 1 saturated heterocycles. The highest BCUT2D eigenvalue weighted by atomic mass is 35.5. The predicted octanol–water partition coefficient (Wildman–Crippen LogP) is 5.93. The highest BCUT2D eigenvalue weighted by Gasteiger charge is 2.42. The minimum absolute atomic E-state index is 0.0651. The zero-order valence-electron chi connectivity index (χ0n) is 15.5. The first kappa shape index (κ1) is 19.7. The fourth-order valence-corrected chi connectivity index (χ4v) is 8.02. The van der Waals surface area contributed by atoms with Crippen molar-refractivity contribution >= 4 is 41.0 Å². The van der Waals surface area contributed by atoms with Crippen molar-refractivity contribution in [2.24, 2.45) is 0 Å². The van der Waals surface area contributed by atoms with Crippen LogP contribution in [-0.2, 0) is 11.1 Å². The third-order valence-electron chi connectivity index (χ3n) is 5.45. The van der Waals surface area contributed by atoms with E-state index in [2.05, 4.69) is 4.90 Å². The minimum Gasteiger partial charge on any atom is -0.312 e. The van der Waals surface area contributed by atoms with Gasteiger partial charge in [-0.05, 0) is 31.5 Å². The monoisotopic (exact) mass is 429 g/mol. The lowest BCUT2D eigenvalue weighted by atomic mass is 10.2. The lowest BCUT2D eigenvalue weighted by Gasteiger charge is -2.33. The average Bonchev–Trinajstić information content (AvgIpc) is 3.20. The second kappa shape index (κ2) is 8.43. The van der Waals surface area contributed by atoms with E-state index in [0.29, 0.717) is 16.6 Å². The number of halogens is 2. The third-order valence-corrected chi connectivity index (χ3v) is 9.71. The summed E-state index contributed by atoms with van der Waals surface area (Å²) in [6, 6.07) is 25.4. The van der Waals surface area contributed by atoms with Gasteiger partial charge in [-0.2, -0.15) is 0 Å². The van der Waals surface area contributed by atoms with Crippen LogP contribution in [0.3, 0.4) is 0 Å². The van der Waals surface area contributed by atoms with Crippen LogP contribution in [-0.4, -0.2) is 17.2 Å². The Morgan fingerprint density at radius 2 is 1.36 bits per heavy atom. The van der Waals surface area contributed by atoms with E-state index in [4.69, 9.17) is 23.2 Å². The molecule has 1 heterocycles. The van der Waals surface area contributed by atoms with E-state index in [-0.39, 0.29) is 5.78 Å². The van der Waals surface area contributed by atoms with E-state index in [0.717, 1.165) is 35.6 Å². The minimum atomic E-state index is -2.86. The van der Waals surface area contributed by atoms with Crippen molar-refractivity contribution in [3.8, 4) is 0 Å². The number of rotatable bonds is 5. The molecule has 1 fully saturated rings. The molecule has 3 aromatic carbocycles. The van der Waals surface area contributed by atoms with Crippen molar-refractivity contribution in [1.82, 2.24) is 4.90 Å². The van der Waals surface area contributed by atoms with Crippen molar-refractivity contribution in [1.29, 1.82) is 0 Å². The maximum atomic E-state index is 14.7. The van der Waals surface area contributed by atoms with E-state index >= 15 is 0 Å². The van der Waals surface area contributed by atoms with E-state index in [1.54, 1.807) is 0 Å². The van der Waals surface area contributed by atoms with Gasteiger partial charge in [-0.3, -0.25) is 4.90 Å². The van der Waals surface area contributed by atoms with E-state index in [1.165, 1.54) is 0 Å². The largest absolute Gasteiger partial charge is 0.312 e. The topological polar surface area (TPSA) is 20.3 Å². The van der Waals surface area contributed by atoms with Gasteiger partial charge in [0.05, 0.1) is 5.78 Å². The molecule has 0 N–H and O–H groups in total. The lowest BCUT2D eigenvalue weighted by molar-refractivity contribution is 0.300. The number of likely N-dealkylation sites (tertiary alicyclic amines) is 1. The molecule has 0 radical (unpaired) electrons. The van der Waals surface area contributed by atoms with E-state index in [9.17, 15) is 4.57 Å². The van der Waals surface area contributed by atoms with Gasteiger partial charge in [0.1, 0.15) is 0 Å². The van der Waals surface area contributed by atoms with Crippen LogP contribution in [0, 0.1) is 0 Å². The van der Waals surface area contributed by atoms with Crippen LogP contribution < -0.4 is 10.6 Å². The van der Waals surface area contributed by atoms with Gasteiger partial charge in [0.2, 0.25) is 0 Å². The lowest BCUT2D eigenvalue weighted by Crippen LogP contribution is -2.36. The molecular weight excluding hydrogens is 408 g/mol. The Kier molecular flexibility index (Phi) is 5.94. The first-order valence-corrected chi connectivity index (χ1v) is 12.0. The summed E-state index contributed by atoms with van der Waals surface area (Å²) in [4.78, 5) is 2.30. The van der Waals surface area contributed by atoms with Gasteiger partial charge in [-0.1, -0.05) is 89.9 Å². The molecule has 144 valence electrons. The molecule has 1 atom stereocenters. The predicted molar refractivity (Wildman–Crippen MR) is 120 cm³/mol. The van der Waals surface area contributed by atoms with Gasteiger partial charge in [-0.25, -0.2) is 0 Å². The van der Waals surface area contributed by atoms with Crippen LogP contribution in [0.15, 0.2) is 78.9 Å². The molecule has 0 saturated carbocycles. The summed E-state index contributed by atoms with van der Waals surface area (Å²) >= 11 is 12.8. The molecule has 2 nitrogen and oxygen atoms in total. The number of nitrogens with zero attached hydrogens (tertiary/aromatic N) is 1. The molecule has 0 aromatic heterocycles. The van der Waals surface area contributed by atoms with Crippen molar-refractivity contribution < 1.29 is 4.57 Å². The molecule has 1 aliphatic rings. The number of benzene rings is 3. The molecule has 28 heavy (non-hydrogen) atoms. The van der Waals surface area contributed by atoms with Crippen LogP contribution in [0.5, 0.6) is 0 Å². The fraction of sp³-hybridized carbons (Fsp3) is 0.217. The molecule has 0 spiro atoms. The van der Waals surface area contributed by atoms with Crippen LogP contribution in [0.4, 0.5) is 0 Å². The van der Waals surface area contributed by atoms with Crippen molar-refractivity contribution in [2.45, 2.75) is 25.2 Å². The number of hydrogen-bond donors (Lipinski definition) is 0. The summed E-state index contributed by atoms with van der Waals surface area (Å²) in [6.07, 6.45) is 1.90. The first-order valence-electron chi connectivity index (χ1n) is 9.48. The summed E-state index contributed by atoms with van der Waals surface area (Å²) in [6.45, 7) is 1.49. The summed E-state index contributed by atoms with van der Waals surface area (Å²) in [5, 5.41) is 3.13. The van der Waals surface area contributed by atoms with Crippen LogP contribution >= 0.6 is 30.3 Å².